The molecule has 2 heterocycles. The van der Waals surface area contributed by atoms with Crippen LogP contribution in [0.5, 0.6) is 0 Å². The van der Waals surface area contributed by atoms with Gasteiger partial charge in [-0.1, -0.05) is 6.07 Å². The zero-order chi connectivity index (χ0) is 20.3. The molecule has 0 unspecified atom stereocenters. The number of likely N-dealkylation sites (N-methyl/N-ethyl adjacent to an activating group) is 1. The van der Waals surface area contributed by atoms with Crippen molar-refractivity contribution in [1.82, 2.24) is 25.5 Å². The van der Waals surface area contributed by atoms with Crippen molar-refractivity contribution in [3.63, 3.8) is 0 Å². The summed E-state index contributed by atoms with van der Waals surface area (Å²) in [6.45, 7) is 6.92. The molecule has 7 heteroatoms. The number of aryl methyl sites for hydroxylation is 2. The van der Waals surface area contributed by atoms with E-state index >= 15 is 0 Å². The van der Waals surface area contributed by atoms with Gasteiger partial charge in [0.25, 0.3) is 0 Å². The first-order valence-electron chi connectivity index (χ1n) is 10.0. The van der Waals surface area contributed by atoms with Crippen molar-refractivity contribution >= 4 is 22.8 Å². The number of hydrogen-bond acceptors (Lipinski definition) is 4. The lowest BCUT2D eigenvalue weighted by atomic mass is 10.1. The number of nitrogens with zero attached hydrogens (tertiary/aromatic N) is 2. The molecule has 3 rings (SSSR count). The number of amides is 2. The number of fused-ring (bicyclic) bond motifs is 1. The van der Waals surface area contributed by atoms with Gasteiger partial charge in [-0.2, -0.15) is 0 Å². The Morgan fingerprint density at radius 2 is 1.96 bits per heavy atom. The molecular formula is C21H31N5O2. The van der Waals surface area contributed by atoms with E-state index in [0.717, 1.165) is 29.7 Å². The number of benzene rings is 1. The molecule has 1 aromatic heterocycles. The number of likely N-dealkylation sites (tertiary alicyclic amines) is 1. The van der Waals surface area contributed by atoms with E-state index in [0.29, 0.717) is 32.0 Å². The van der Waals surface area contributed by atoms with Crippen molar-refractivity contribution in [1.29, 1.82) is 0 Å². The zero-order valence-electron chi connectivity index (χ0n) is 17.3. The predicted octanol–water partition coefficient (Wildman–Crippen LogP) is 1.83. The number of carbonyl (C=O) groups is 2. The molecule has 0 spiro atoms. The van der Waals surface area contributed by atoms with Gasteiger partial charge >= 0.3 is 0 Å². The molecule has 3 N–H and O–H groups in total. The topological polar surface area (TPSA) is 90.1 Å². The first kappa shape index (κ1) is 20.3. The smallest absolute Gasteiger partial charge is 0.221 e. The van der Waals surface area contributed by atoms with E-state index in [1.807, 2.05) is 7.05 Å². The SMILES string of the molecule is CC(=O)NC[C@H]1CC[C@@H](CC(=O)NCCc2nc3c(C)c(C)ccc3[nH]2)N1C. The molecule has 0 aliphatic carbocycles. The number of imidazole rings is 1. The molecule has 28 heavy (non-hydrogen) atoms. The Bertz CT molecular complexity index is 860. The maximum atomic E-state index is 12.3. The Kier molecular flexibility index (Phi) is 6.34. The number of aromatic nitrogens is 2. The highest BCUT2D eigenvalue weighted by Crippen LogP contribution is 2.24. The third-order valence-corrected chi connectivity index (χ3v) is 5.90. The highest BCUT2D eigenvalue weighted by molar-refractivity contribution is 5.80. The Balaban J connectivity index is 1.45. The minimum absolute atomic E-state index is 0.00876. The van der Waals surface area contributed by atoms with Crippen LogP contribution in [0.1, 0.15) is 43.1 Å². The van der Waals surface area contributed by atoms with E-state index in [1.54, 1.807) is 0 Å². The second kappa shape index (κ2) is 8.73. The standard InChI is InChI=1S/C21H31N5O2/c1-13-5-8-18-21(14(13)2)25-19(24-18)9-10-22-20(28)11-16-6-7-17(26(16)4)12-23-15(3)27/h5,8,16-17H,6-7,9-12H2,1-4H3,(H,22,28)(H,23,27)(H,24,25)/t16-,17+/m0/s1. The van der Waals surface area contributed by atoms with Gasteiger partial charge in [0, 0.05) is 44.9 Å². The molecule has 0 saturated carbocycles. The Labute approximate surface area is 166 Å². The summed E-state index contributed by atoms with van der Waals surface area (Å²) in [7, 11) is 2.04. The Morgan fingerprint density at radius 3 is 2.71 bits per heavy atom. The first-order valence-corrected chi connectivity index (χ1v) is 10.0. The molecule has 1 fully saturated rings. The van der Waals surface area contributed by atoms with Crippen LogP contribution < -0.4 is 10.6 Å². The first-order chi connectivity index (χ1) is 13.3. The van der Waals surface area contributed by atoms with Gasteiger partial charge in [-0.15, -0.1) is 0 Å². The molecule has 2 amide bonds. The van der Waals surface area contributed by atoms with Crippen LogP contribution in [0.25, 0.3) is 11.0 Å². The van der Waals surface area contributed by atoms with Crippen LogP contribution in [0.15, 0.2) is 12.1 Å². The molecule has 1 aliphatic heterocycles. The van der Waals surface area contributed by atoms with Gasteiger partial charge in [0.2, 0.25) is 11.8 Å². The molecular weight excluding hydrogens is 354 g/mol. The van der Waals surface area contributed by atoms with Crippen molar-refractivity contribution in [3.05, 3.63) is 29.1 Å². The van der Waals surface area contributed by atoms with E-state index in [2.05, 4.69) is 51.5 Å². The van der Waals surface area contributed by atoms with E-state index in [9.17, 15) is 9.59 Å². The fourth-order valence-corrected chi connectivity index (χ4v) is 3.93. The Hall–Kier alpha value is -2.41. The summed E-state index contributed by atoms with van der Waals surface area (Å²) in [4.78, 5) is 33.7. The van der Waals surface area contributed by atoms with Crippen LogP contribution in [-0.4, -0.2) is 58.9 Å². The summed E-state index contributed by atoms with van der Waals surface area (Å²) in [6.07, 6.45) is 3.17. The summed E-state index contributed by atoms with van der Waals surface area (Å²) in [5.41, 5.74) is 4.49. The van der Waals surface area contributed by atoms with Crippen LogP contribution in [0.3, 0.4) is 0 Å². The molecule has 2 atom stereocenters. The van der Waals surface area contributed by atoms with E-state index < -0.39 is 0 Å². The fraction of sp³-hybridized carbons (Fsp3) is 0.571. The molecule has 7 nitrogen and oxygen atoms in total. The summed E-state index contributed by atoms with van der Waals surface area (Å²) < 4.78 is 0. The quantitative estimate of drug-likeness (QED) is 0.678. The van der Waals surface area contributed by atoms with Crippen LogP contribution >= 0.6 is 0 Å². The summed E-state index contributed by atoms with van der Waals surface area (Å²) in [5.74, 6) is 0.961. The average molecular weight is 386 g/mol. The molecule has 0 radical (unpaired) electrons. The number of carbonyl (C=O) groups excluding carboxylic acids is 2. The number of hydrogen-bond donors (Lipinski definition) is 3. The van der Waals surface area contributed by atoms with Gasteiger partial charge in [-0.25, -0.2) is 4.98 Å². The van der Waals surface area contributed by atoms with Gasteiger partial charge < -0.3 is 15.6 Å². The second-order valence-corrected chi connectivity index (χ2v) is 7.88. The lowest BCUT2D eigenvalue weighted by molar-refractivity contribution is -0.122. The van der Waals surface area contributed by atoms with Crippen molar-refractivity contribution < 1.29 is 9.59 Å². The lowest BCUT2D eigenvalue weighted by Crippen LogP contribution is -2.42. The van der Waals surface area contributed by atoms with Crippen molar-refractivity contribution in [2.45, 2.75) is 58.5 Å². The normalized spacial score (nSPS) is 19.9. The van der Waals surface area contributed by atoms with E-state index in [4.69, 9.17) is 0 Å². The van der Waals surface area contributed by atoms with Crippen LogP contribution in [0, 0.1) is 13.8 Å². The predicted molar refractivity (Wildman–Crippen MR) is 110 cm³/mol. The van der Waals surface area contributed by atoms with E-state index in [-0.39, 0.29) is 17.9 Å². The number of nitrogens with one attached hydrogen (secondary N) is 3. The maximum Gasteiger partial charge on any atom is 0.221 e. The highest BCUT2D eigenvalue weighted by atomic mass is 16.2. The number of aromatic amines is 1. The van der Waals surface area contributed by atoms with Gasteiger partial charge in [0.05, 0.1) is 11.0 Å². The molecule has 1 aromatic carbocycles. The molecule has 0 bridgehead atoms. The van der Waals surface area contributed by atoms with Gasteiger partial charge in [0.1, 0.15) is 5.82 Å². The van der Waals surface area contributed by atoms with Gasteiger partial charge in [-0.05, 0) is 50.9 Å². The molecule has 152 valence electrons. The summed E-state index contributed by atoms with van der Waals surface area (Å²) in [6, 6.07) is 4.69. The second-order valence-electron chi connectivity index (χ2n) is 7.88. The third-order valence-electron chi connectivity index (χ3n) is 5.90. The zero-order valence-corrected chi connectivity index (χ0v) is 17.3. The van der Waals surface area contributed by atoms with Crippen molar-refractivity contribution in [2.24, 2.45) is 0 Å². The minimum atomic E-state index is -0.00876. The number of H-pyrrole nitrogens is 1. The molecule has 2 aromatic rings. The largest absolute Gasteiger partial charge is 0.356 e. The van der Waals surface area contributed by atoms with Crippen LogP contribution in [0.4, 0.5) is 0 Å². The van der Waals surface area contributed by atoms with Gasteiger partial charge in [-0.3, -0.25) is 14.5 Å². The van der Waals surface area contributed by atoms with E-state index in [1.165, 1.54) is 18.1 Å². The van der Waals surface area contributed by atoms with Crippen molar-refractivity contribution in [2.75, 3.05) is 20.1 Å². The summed E-state index contributed by atoms with van der Waals surface area (Å²) in [5, 5.41) is 5.89. The lowest BCUT2D eigenvalue weighted by Gasteiger charge is -2.25. The van der Waals surface area contributed by atoms with Crippen LogP contribution in [-0.2, 0) is 16.0 Å². The summed E-state index contributed by atoms with van der Waals surface area (Å²) >= 11 is 0. The van der Waals surface area contributed by atoms with Crippen LogP contribution in [0.2, 0.25) is 0 Å². The third kappa shape index (κ3) is 4.70. The molecule has 1 saturated heterocycles. The Morgan fingerprint density at radius 1 is 1.21 bits per heavy atom. The minimum Gasteiger partial charge on any atom is -0.356 e. The fourth-order valence-electron chi connectivity index (χ4n) is 3.93. The van der Waals surface area contributed by atoms with Crippen molar-refractivity contribution in [3.8, 4) is 0 Å². The average Bonchev–Trinajstić information content (AvgIpc) is 3.21. The van der Waals surface area contributed by atoms with Gasteiger partial charge in [0.15, 0.2) is 0 Å². The highest BCUT2D eigenvalue weighted by Gasteiger charge is 2.31. The molecule has 1 aliphatic rings. The number of rotatable bonds is 7. The monoisotopic (exact) mass is 385 g/mol. The maximum absolute atomic E-state index is 12.3.